The first-order valence-electron chi connectivity index (χ1n) is 14.3. The lowest BCUT2D eigenvalue weighted by Crippen LogP contribution is -2.51. The first-order chi connectivity index (χ1) is 22.5. The first-order valence-corrected chi connectivity index (χ1v) is 15.4. The standard InChI is InChI=1S/C17H24ClFN4O6.C9H12ClFN4O4/c1-8(2)14(24)27-7-17(6-18)12(28-15(25)9(3)4)11(19)13(29-17)23-16(26)22-10(20)5-21-23;10-2-9(3-16)6(17)5(11)7(19-9)15-8(18)14-4(12)1-13-15/h5,8-9,11-13H,6-7H2,1-4H3,(H2,20,22,26);1,5-7,16-17H,2-3H2,(H2,12,14,18)/t11-,12+,13-,17-;5-,6+,7-,9-/m11/s1. The van der Waals surface area contributed by atoms with Gasteiger partial charge >= 0.3 is 23.3 Å². The monoisotopic (exact) mass is 728 g/mol. The molecule has 0 unspecified atom stereocenters. The van der Waals surface area contributed by atoms with E-state index in [1.165, 1.54) is 0 Å². The number of aromatic nitrogens is 6. The van der Waals surface area contributed by atoms with E-state index in [0.717, 1.165) is 12.4 Å². The number of rotatable bonds is 10. The highest BCUT2D eigenvalue weighted by Gasteiger charge is 2.60. The predicted octanol–water partition coefficient (Wildman–Crippen LogP) is -0.750. The van der Waals surface area contributed by atoms with Crippen molar-refractivity contribution in [1.29, 1.82) is 0 Å². The zero-order chi connectivity index (χ0) is 36.1. The number of halogens is 4. The molecule has 268 valence electrons. The number of ether oxygens (including phenoxy) is 4. The Bertz CT molecular complexity index is 1570. The average molecular weight is 730 g/mol. The fraction of sp³-hybridized carbons (Fsp3) is 0.692. The Hall–Kier alpha value is -3.56. The van der Waals surface area contributed by atoms with Crippen LogP contribution in [0.4, 0.5) is 20.4 Å². The third-order valence-corrected chi connectivity index (χ3v) is 8.13. The van der Waals surface area contributed by atoms with Gasteiger partial charge in [-0.05, 0) is 0 Å². The summed E-state index contributed by atoms with van der Waals surface area (Å²) in [5, 5.41) is 26.3. The number of aliphatic hydroxyl groups excluding tert-OH is 2. The Kier molecular flexibility index (Phi) is 12.8. The van der Waals surface area contributed by atoms with Crippen molar-refractivity contribution in [2.45, 2.75) is 75.9 Å². The van der Waals surface area contributed by atoms with Crippen LogP contribution >= 0.6 is 23.2 Å². The Balaban J connectivity index is 0.000000284. The van der Waals surface area contributed by atoms with Gasteiger partial charge in [0.25, 0.3) is 0 Å². The van der Waals surface area contributed by atoms with Gasteiger partial charge in [0.1, 0.15) is 29.9 Å². The van der Waals surface area contributed by atoms with Crippen LogP contribution in [0.3, 0.4) is 0 Å². The summed E-state index contributed by atoms with van der Waals surface area (Å²) in [6.07, 6.45) is -8.31. The Morgan fingerprint density at radius 2 is 1.38 bits per heavy atom. The molecule has 2 saturated heterocycles. The first kappa shape index (κ1) is 38.9. The van der Waals surface area contributed by atoms with Gasteiger partial charge in [0.05, 0.1) is 42.6 Å². The van der Waals surface area contributed by atoms with E-state index < -0.39 is 96.6 Å². The number of aliphatic hydroxyl groups is 2. The van der Waals surface area contributed by atoms with Crippen LogP contribution in [0, 0.1) is 11.8 Å². The van der Waals surface area contributed by atoms with Gasteiger partial charge in [-0.2, -0.15) is 29.5 Å². The van der Waals surface area contributed by atoms with Gasteiger partial charge in [0, 0.05) is 0 Å². The van der Waals surface area contributed by atoms with Crippen molar-refractivity contribution in [2.24, 2.45) is 11.8 Å². The number of hydrogen-bond donors (Lipinski definition) is 4. The van der Waals surface area contributed by atoms with Gasteiger partial charge < -0.3 is 40.6 Å². The molecule has 4 heterocycles. The summed E-state index contributed by atoms with van der Waals surface area (Å²) in [7, 11) is 0. The molecule has 48 heavy (non-hydrogen) atoms. The van der Waals surface area contributed by atoms with Gasteiger partial charge in [-0.25, -0.2) is 18.4 Å². The molecule has 0 amide bonds. The minimum Gasteiger partial charge on any atom is -0.462 e. The Labute approximate surface area is 281 Å². The number of carbonyl (C=O) groups is 2. The maximum Gasteiger partial charge on any atom is 0.368 e. The summed E-state index contributed by atoms with van der Waals surface area (Å²) >= 11 is 11.6. The molecule has 22 heteroatoms. The van der Waals surface area contributed by atoms with Gasteiger partial charge in [0.2, 0.25) is 0 Å². The molecule has 6 N–H and O–H groups in total. The van der Waals surface area contributed by atoms with Crippen LogP contribution in [0.2, 0.25) is 0 Å². The maximum absolute atomic E-state index is 15.3. The number of nitrogens with two attached hydrogens (primary N) is 2. The van der Waals surface area contributed by atoms with Gasteiger partial charge in [-0.3, -0.25) is 9.59 Å². The third kappa shape index (κ3) is 8.00. The second-order valence-corrected chi connectivity index (χ2v) is 12.0. The molecule has 2 aromatic rings. The summed E-state index contributed by atoms with van der Waals surface area (Å²) in [6, 6.07) is 0. The number of alkyl halides is 4. The van der Waals surface area contributed by atoms with Crippen molar-refractivity contribution in [2.75, 3.05) is 36.4 Å². The summed E-state index contributed by atoms with van der Waals surface area (Å²) in [6.45, 7) is 5.18. The molecule has 4 rings (SSSR count). The fourth-order valence-electron chi connectivity index (χ4n) is 4.41. The molecule has 2 aliphatic rings. The van der Waals surface area contributed by atoms with Crippen LogP contribution in [0.25, 0.3) is 0 Å². The molecule has 0 spiro atoms. The lowest BCUT2D eigenvalue weighted by molar-refractivity contribution is -0.177. The van der Waals surface area contributed by atoms with Crippen LogP contribution in [0.5, 0.6) is 0 Å². The number of hydrogen-bond acceptors (Lipinski definition) is 16. The normalized spacial score (nSPS) is 29.8. The summed E-state index contributed by atoms with van der Waals surface area (Å²) in [4.78, 5) is 54.6. The molecule has 2 aliphatic heterocycles. The molecule has 2 fully saturated rings. The number of anilines is 2. The number of nitrogens with zero attached hydrogens (tertiary/aromatic N) is 6. The van der Waals surface area contributed by atoms with Crippen molar-refractivity contribution in [1.82, 2.24) is 29.5 Å². The van der Waals surface area contributed by atoms with E-state index in [4.69, 9.17) is 53.6 Å². The molecule has 0 saturated carbocycles. The Morgan fingerprint density at radius 3 is 1.77 bits per heavy atom. The molecule has 0 aromatic carbocycles. The summed E-state index contributed by atoms with van der Waals surface area (Å²) in [5.41, 5.74) is 5.36. The number of carbonyl (C=O) groups excluding carboxylic acids is 2. The van der Waals surface area contributed by atoms with Gasteiger partial charge in [-0.15, -0.1) is 23.2 Å². The van der Waals surface area contributed by atoms with Crippen LogP contribution < -0.4 is 22.8 Å². The molecular formula is C26H36Cl2F2N8O10. The van der Waals surface area contributed by atoms with E-state index in [2.05, 4.69) is 20.2 Å². The van der Waals surface area contributed by atoms with Crippen molar-refractivity contribution in [3.63, 3.8) is 0 Å². The average Bonchev–Trinajstić information content (AvgIpc) is 3.45. The maximum atomic E-state index is 15.3. The van der Waals surface area contributed by atoms with E-state index >= 15 is 4.39 Å². The highest BCUT2D eigenvalue weighted by atomic mass is 35.5. The van der Waals surface area contributed by atoms with E-state index in [-0.39, 0.29) is 23.4 Å². The minimum atomic E-state index is -2.04. The molecule has 18 nitrogen and oxygen atoms in total. The number of nitrogen functional groups attached to an aromatic ring is 2. The topological polar surface area (TPSA) is 259 Å². The van der Waals surface area contributed by atoms with E-state index in [1.807, 2.05) is 0 Å². The van der Waals surface area contributed by atoms with E-state index in [9.17, 15) is 33.8 Å². The fourth-order valence-corrected chi connectivity index (χ4v) is 5.01. The van der Waals surface area contributed by atoms with Crippen molar-refractivity contribution in [3.05, 3.63) is 33.4 Å². The molecule has 0 bridgehead atoms. The molecule has 8 atom stereocenters. The quantitative estimate of drug-likeness (QED) is 0.173. The molecule has 0 aliphatic carbocycles. The van der Waals surface area contributed by atoms with Crippen LogP contribution in [0.15, 0.2) is 22.0 Å². The van der Waals surface area contributed by atoms with Crippen molar-refractivity contribution < 1.29 is 47.5 Å². The molecular weight excluding hydrogens is 693 g/mol. The zero-order valence-electron chi connectivity index (χ0n) is 26.1. The SMILES string of the molecule is CC(C)C(=O)OC[C@@]1(CCl)O[C@@H](n2ncc(N)nc2=O)[C@H](F)[C@@H]1OC(=O)C(C)C.Nc1cnn([C@@H]2O[C@@](CO)(CCl)[C@@H](O)[C@H]2F)c(=O)n1. The van der Waals surface area contributed by atoms with Crippen LogP contribution in [-0.2, 0) is 28.5 Å². The van der Waals surface area contributed by atoms with E-state index in [1.54, 1.807) is 27.7 Å². The van der Waals surface area contributed by atoms with Crippen molar-refractivity contribution >= 4 is 46.8 Å². The largest absolute Gasteiger partial charge is 0.462 e. The zero-order valence-corrected chi connectivity index (χ0v) is 27.6. The number of esters is 2. The smallest absolute Gasteiger partial charge is 0.368 e. The highest BCUT2D eigenvalue weighted by molar-refractivity contribution is 6.19. The van der Waals surface area contributed by atoms with Crippen LogP contribution in [-0.4, -0.2) is 112 Å². The Morgan fingerprint density at radius 1 is 0.917 bits per heavy atom. The second-order valence-electron chi connectivity index (χ2n) is 11.5. The predicted molar refractivity (Wildman–Crippen MR) is 162 cm³/mol. The summed E-state index contributed by atoms with van der Waals surface area (Å²) in [5.74, 6) is -3.31. The van der Waals surface area contributed by atoms with Crippen molar-refractivity contribution in [3.8, 4) is 0 Å². The van der Waals surface area contributed by atoms with Gasteiger partial charge in [-0.1, -0.05) is 27.7 Å². The lowest BCUT2D eigenvalue weighted by atomic mass is 9.98. The third-order valence-electron chi connectivity index (χ3n) is 7.22. The van der Waals surface area contributed by atoms with Crippen LogP contribution in [0.1, 0.15) is 40.2 Å². The molecule has 2 aromatic heterocycles. The lowest BCUT2D eigenvalue weighted by Gasteiger charge is -2.31. The molecule has 0 radical (unpaired) electrons. The minimum absolute atomic E-state index is 0.124. The van der Waals surface area contributed by atoms with E-state index in [0.29, 0.717) is 9.36 Å². The van der Waals surface area contributed by atoms with Gasteiger partial charge in [0.15, 0.2) is 36.5 Å². The highest BCUT2D eigenvalue weighted by Crippen LogP contribution is 2.42. The summed E-state index contributed by atoms with van der Waals surface area (Å²) < 4.78 is 52.0. The second kappa shape index (κ2) is 15.8.